The van der Waals surface area contributed by atoms with Crippen molar-refractivity contribution in [2.24, 2.45) is 0 Å². The van der Waals surface area contributed by atoms with E-state index < -0.39 is 0 Å². The van der Waals surface area contributed by atoms with Gasteiger partial charge in [-0.1, -0.05) is 49.0 Å². The molecule has 0 radical (unpaired) electrons. The molecule has 3 heterocycles. The van der Waals surface area contributed by atoms with Crippen LogP contribution in [0.15, 0.2) is 58.2 Å². The van der Waals surface area contributed by atoms with Crippen molar-refractivity contribution < 1.29 is 9.21 Å². The summed E-state index contributed by atoms with van der Waals surface area (Å²) in [6, 6.07) is 13.9. The van der Waals surface area contributed by atoms with E-state index in [1.165, 1.54) is 11.8 Å². The molecule has 1 aromatic carbocycles. The number of aryl methyl sites for hydroxylation is 1. The van der Waals surface area contributed by atoms with Crippen LogP contribution in [-0.2, 0) is 17.8 Å². The van der Waals surface area contributed by atoms with E-state index in [0.29, 0.717) is 18.8 Å². The molecule has 0 fully saturated rings. The summed E-state index contributed by atoms with van der Waals surface area (Å²) in [5.74, 6) is 1.29. The lowest BCUT2D eigenvalue weighted by molar-refractivity contribution is -0.128. The molecule has 4 rings (SSSR count). The zero-order valence-corrected chi connectivity index (χ0v) is 16.8. The second-order valence-electron chi connectivity index (χ2n) is 6.49. The van der Waals surface area contributed by atoms with Crippen molar-refractivity contribution in [1.82, 2.24) is 19.5 Å². The number of carbonyl (C=O) groups is 1. The second kappa shape index (κ2) is 8.06. The Hall–Kier alpha value is -2.80. The van der Waals surface area contributed by atoms with Crippen LogP contribution in [0.2, 0.25) is 0 Å². The highest BCUT2D eigenvalue weighted by atomic mass is 32.2. The van der Waals surface area contributed by atoms with Crippen molar-refractivity contribution in [2.75, 3.05) is 12.3 Å². The Morgan fingerprint density at radius 3 is 2.71 bits per heavy atom. The van der Waals surface area contributed by atoms with Crippen LogP contribution in [-0.4, -0.2) is 37.7 Å². The van der Waals surface area contributed by atoms with Gasteiger partial charge in [0.2, 0.25) is 5.91 Å². The highest BCUT2D eigenvalue weighted by Crippen LogP contribution is 2.29. The van der Waals surface area contributed by atoms with Gasteiger partial charge in [-0.05, 0) is 12.5 Å². The summed E-state index contributed by atoms with van der Waals surface area (Å²) in [5, 5.41) is 9.48. The quantitative estimate of drug-likeness (QED) is 0.440. The smallest absolute Gasteiger partial charge is 0.233 e. The van der Waals surface area contributed by atoms with Crippen LogP contribution in [0.5, 0.6) is 0 Å². The Morgan fingerprint density at radius 1 is 1.14 bits per heavy atom. The summed E-state index contributed by atoms with van der Waals surface area (Å²) >= 11 is 1.42. The number of furan rings is 1. The summed E-state index contributed by atoms with van der Waals surface area (Å²) in [7, 11) is 0. The minimum atomic E-state index is 0.0890. The summed E-state index contributed by atoms with van der Waals surface area (Å²) < 4.78 is 7.61. The molecule has 0 aliphatic rings. The van der Waals surface area contributed by atoms with Crippen molar-refractivity contribution in [1.29, 1.82) is 0 Å². The number of carbonyl (C=O) groups excluding carboxylic acids is 1. The number of aromatic nitrogens is 3. The third kappa shape index (κ3) is 3.49. The Kier molecular flexibility index (Phi) is 5.34. The van der Waals surface area contributed by atoms with Crippen molar-refractivity contribution in [3.05, 3.63) is 60.1 Å². The zero-order valence-electron chi connectivity index (χ0n) is 16.0. The molecule has 3 aromatic heterocycles. The number of hydrogen-bond donors (Lipinski definition) is 0. The lowest BCUT2D eigenvalue weighted by Crippen LogP contribution is -2.31. The van der Waals surface area contributed by atoms with Gasteiger partial charge in [0.05, 0.1) is 23.0 Å². The van der Waals surface area contributed by atoms with Gasteiger partial charge < -0.3 is 9.32 Å². The first-order valence-corrected chi connectivity index (χ1v) is 10.4. The molecule has 0 unspecified atom stereocenters. The van der Waals surface area contributed by atoms with Crippen molar-refractivity contribution in [3.63, 3.8) is 0 Å². The van der Waals surface area contributed by atoms with Crippen LogP contribution in [0.3, 0.4) is 0 Å². The van der Waals surface area contributed by atoms with E-state index in [2.05, 4.69) is 21.5 Å². The molecule has 0 aliphatic carbocycles. The lowest BCUT2D eigenvalue weighted by Gasteiger charge is -2.20. The van der Waals surface area contributed by atoms with E-state index in [9.17, 15) is 4.79 Å². The molecule has 0 aliphatic heterocycles. The van der Waals surface area contributed by atoms with Crippen molar-refractivity contribution in [2.45, 2.75) is 31.8 Å². The fourth-order valence-electron chi connectivity index (χ4n) is 3.29. The summed E-state index contributed by atoms with van der Waals surface area (Å²) in [5.41, 5.74) is 3.85. The molecule has 0 bridgehead atoms. The zero-order chi connectivity index (χ0) is 19.5. The number of nitrogens with zero attached hydrogens (tertiary/aromatic N) is 4. The molecule has 0 atom stereocenters. The van der Waals surface area contributed by atoms with E-state index in [4.69, 9.17) is 4.42 Å². The number of amides is 1. The van der Waals surface area contributed by atoms with Gasteiger partial charge in [-0.3, -0.25) is 9.20 Å². The predicted octanol–water partition coefficient (Wildman–Crippen LogP) is 4.18. The Balaban J connectivity index is 1.54. The monoisotopic (exact) mass is 394 g/mol. The van der Waals surface area contributed by atoms with Crippen molar-refractivity contribution >= 4 is 34.3 Å². The third-order valence-corrected chi connectivity index (χ3v) is 5.71. The van der Waals surface area contributed by atoms with E-state index in [1.807, 2.05) is 54.3 Å². The average Bonchev–Trinajstić information content (AvgIpc) is 3.32. The first-order chi connectivity index (χ1) is 13.7. The number of benzene rings is 1. The molecule has 28 heavy (non-hydrogen) atoms. The van der Waals surface area contributed by atoms with Crippen LogP contribution in [0.25, 0.3) is 16.6 Å². The van der Waals surface area contributed by atoms with E-state index in [-0.39, 0.29) is 5.91 Å². The van der Waals surface area contributed by atoms with Gasteiger partial charge in [0.15, 0.2) is 5.58 Å². The van der Waals surface area contributed by atoms with E-state index in [0.717, 1.165) is 39.5 Å². The van der Waals surface area contributed by atoms with Crippen LogP contribution in [0, 0.1) is 0 Å². The van der Waals surface area contributed by atoms with Crippen LogP contribution in [0.4, 0.5) is 0 Å². The Morgan fingerprint density at radius 2 is 1.96 bits per heavy atom. The van der Waals surface area contributed by atoms with Gasteiger partial charge in [-0.25, -0.2) is 0 Å². The standard InChI is InChI=1S/C21H22N4O2S/c1-3-19-22-23-21(17-12-18-16(25(17)19)10-11-27-18)28-14-20(26)24(4-2)13-15-8-6-5-7-9-15/h5-12H,3-4,13-14H2,1-2H3. The first kappa shape index (κ1) is 18.6. The molecule has 4 aromatic rings. The fraction of sp³-hybridized carbons (Fsp3) is 0.286. The topological polar surface area (TPSA) is 63.6 Å². The largest absolute Gasteiger partial charge is 0.463 e. The van der Waals surface area contributed by atoms with Gasteiger partial charge in [0, 0.05) is 31.6 Å². The van der Waals surface area contributed by atoms with Gasteiger partial charge >= 0.3 is 0 Å². The van der Waals surface area contributed by atoms with Crippen LogP contribution >= 0.6 is 11.8 Å². The van der Waals surface area contributed by atoms with E-state index >= 15 is 0 Å². The Bertz CT molecular complexity index is 1100. The minimum Gasteiger partial charge on any atom is -0.463 e. The maximum absolute atomic E-state index is 12.8. The lowest BCUT2D eigenvalue weighted by atomic mass is 10.2. The van der Waals surface area contributed by atoms with E-state index in [1.54, 1.807) is 6.26 Å². The molecule has 0 spiro atoms. The highest BCUT2D eigenvalue weighted by molar-refractivity contribution is 8.00. The molecular formula is C21H22N4O2S. The summed E-state index contributed by atoms with van der Waals surface area (Å²) in [6.07, 6.45) is 2.44. The highest BCUT2D eigenvalue weighted by Gasteiger charge is 2.18. The molecule has 7 heteroatoms. The van der Waals surface area contributed by atoms with Crippen LogP contribution in [0.1, 0.15) is 25.2 Å². The maximum Gasteiger partial charge on any atom is 0.233 e. The Labute approximate surface area is 167 Å². The predicted molar refractivity (Wildman–Crippen MR) is 110 cm³/mol. The second-order valence-corrected chi connectivity index (χ2v) is 7.46. The minimum absolute atomic E-state index is 0.0890. The van der Waals surface area contributed by atoms with Gasteiger partial charge in [-0.2, -0.15) is 0 Å². The van der Waals surface area contributed by atoms with Gasteiger partial charge in [0.25, 0.3) is 0 Å². The number of fused-ring (bicyclic) bond motifs is 3. The fourth-order valence-corrected chi connectivity index (χ4v) is 4.13. The number of hydrogen-bond acceptors (Lipinski definition) is 5. The third-order valence-electron chi connectivity index (χ3n) is 4.76. The SMILES string of the molecule is CCc1nnc(SCC(=O)N(CC)Cc2ccccc2)c2cc3occc3n12. The average molecular weight is 395 g/mol. The molecule has 144 valence electrons. The maximum atomic E-state index is 12.8. The summed E-state index contributed by atoms with van der Waals surface area (Å²) in [6.45, 7) is 5.34. The van der Waals surface area contributed by atoms with Gasteiger partial charge in [-0.15, -0.1) is 10.2 Å². The normalized spacial score (nSPS) is 11.4. The number of thioether (sulfide) groups is 1. The molecule has 0 saturated carbocycles. The molecule has 1 amide bonds. The van der Waals surface area contributed by atoms with Crippen molar-refractivity contribution in [3.8, 4) is 0 Å². The molecule has 0 N–H and O–H groups in total. The van der Waals surface area contributed by atoms with Crippen LogP contribution < -0.4 is 0 Å². The molecule has 0 saturated heterocycles. The first-order valence-electron chi connectivity index (χ1n) is 9.40. The number of rotatable bonds is 7. The molecular weight excluding hydrogens is 372 g/mol. The van der Waals surface area contributed by atoms with Gasteiger partial charge in [0.1, 0.15) is 10.9 Å². The molecule has 6 nitrogen and oxygen atoms in total. The summed E-state index contributed by atoms with van der Waals surface area (Å²) in [4.78, 5) is 14.6.